The van der Waals surface area contributed by atoms with Crippen molar-refractivity contribution in [2.45, 2.75) is 71.9 Å². The largest absolute Gasteiger partial charge is 0.439 e. The van der Waals surface area contributed by atoms with Crippen LogP contribution in [-0.2, 0) is 13.0 Å². The summed E-state index contributed by atoms with van der Waals surface area (Å²) < 4.78 is 8.48. The molecule has 1 aromatic heterocycles. The lowest BCUT2D eigenvalue weighted by molar-refractivity contribution is 0.0965. The number of aliphatic hydroxyl groups is 1. The van der Waals surface area contributed by atoms with Crippen LogP contribution in [0.4, 0.5) is 0 Å². The van der Waals surface area contributed by atoms with Crippen molar-refractivity contribution in [2.75, 3.05) is 13.1 Å². The van der Waals surface area contributed by atoms with Crippen LogP contribution >= 0.6 is 0 Å². The molecule has 182 valence electrons. The van der Waals surface area contributed by atoms with Crippen molar-refractivity contribution in [3.63, 3.8) is 0 Å². The Morgan fingerprint density at radius 3 is 2.47 bits per heavy atom. The van der Waals surface area contributed by atoms with Crippen molar-refractivity contribution < 1.29 is 9.84 Å². The molecule has 5 heteroatoms. The maximum Gasteiger partial charge on any atom is 0.227 e. The lowest BCUT2D eigenvalue weighted by atomic mass is 10.1. The lowest BCUT2D eigenvalue weighted by Crippen LogP contribution is -2.34. The number of unbranched alkanes of at least 4 members (excludes halogenated alkanes) is 1. The molecule has 1 atom stereocenters. The van der Waals surface area contributed by atoms with Gasteiger partial charge < -0.3 is 9.84 Å². The zero-order valence-corrected chi connectivity index (χ0v) is 20.9. The first-order valence-corrected chi connectivity index (χ1v) is 12.9. The maximum atomic E-state index is 10.7. The Balaban J connectivity index is 1.68. The zero-order chi connectivity index (χ0) is 23.9. The van der Waals surface area contributed by atoms with Gasteiger partial charge in [0.1, 0.15) is 5.75 Å². The molecular weight excluding hydrogens is 422 g/mol. The average Bonchev–Trinajstić information content (AvgIpc) is 3.60. The predicted molar refractivity (Wildman–Crippen MR) is 138 cm³/mol. The fourth-order valence-corrected chi connectivity index (χ4v) is 4.41. The van der Waals surface area contributed by atoms with E-state index in [0.717, 1.165) is 73.3 Å². The Morgan fingerprint density at radius 2 is 1.82 bits per heavy atom. The fraction of sp³-hybridized carbons (Fsp3) is 0.483. The summed E-state index contributed by atoms with van der Waals surface area (Å²) in [4.78, 5) is 2.42. The highest BCUT2D eigenvalue weighted by Gasteiger charge is 2.28. The standard InChI is InChI=1S/C29H39N3O2/c1-4-6-12-25(33)20-31(19-23-15-16-23)21-27-28(5-2)30-32(24-10-8-7-9-11-24)29(27)34-26-17-13-22(3)14-18-26/h7-11,13-14,17-18,23,25,33H,4-6,12,15-16,19-21H2,1-3H3. The van der Waals surface area contributed by atoms with Crippen molar-refractivity contribution in [2.24, 2.45) is 5.92 Å². The highest BCUT2D eigenvalue weighted by atomic mass is 16.5. The van der Waals surface area contributed by atoms with Crippen LogP contribution in [0.1, 0.15) is 62.8 Å². The number of hydrogen-bond acceptors (Lipinski definition) is 4. The molecule has 4 rings (SSSR count). The van der Waals surface area contributed by atoms with Crippen LogP contribution in [0, 0.1) is 12.8 Å². The predicted octanol–water partition coefficient (Wildman–Crippen LogP) is 6.30. The van der Waals surface area contributed by atoms with Crippen LogP contribution in [0.15, 0.2) is 54.6 Å². The summed E-state index contributed by atoms with van der Waals surface area (Å²) in [5, 5.41) is 15.7. The molecule has 1 heterocycles. The molecule has 1 unspecified atom stereocenters. The Morgan fingerprint density at radius 1 is 1.09 bits per heavy atom. The number of rotatable bonds is 13. The van der Waals surface area contributed by atoms with Gasteiger partial charge in [-0.05, 0) is 62.8 Å². The van der Waals surface area contributed by atoms with Crippen LogP contribution in [-0.4, -0.2) is 39.0 Å². The van der Waals surface area contributed by atoms with Gasteiger partial charge in [0, 0.05) is 19.6 Å². The number of ether oxygens (including phenoxy) is 1. The summed E-state index contributed by atoms with van der Waals surface area (Å²) in [5.41, 5.74) is 4.36. The van der Waals surface area contributed by atoms with Gasteiger partial charge in [-0.2, -0.15) is 5.10 Å². The molecule has 1 aliphatic rings. The molecule has 1 aliphatic carbocycles. The Labute approximate surface area is 204 Å². The molecule has 0 amide bonds. The van der Waals surface area contributed by atoms with Gasteiger partial charge in [0.2, 0.25) is 5.88 Å². The van der Waals surface area contributed by atoms with E-state index in [1.807, 2.05) is 35.0 Å². The molecule has 0 spiro atoms. The van der Waals surface area contributed by atoms with E-state index in [0.29, 0.717) is 6.54 Å². The number of aromatic nitrogens is 2. The Bertz CT molecular complexity index is 1030. The minimum Gasteiger partial charge on any atom is -0.439 e. The third-order valence-electron chi connectivity index (χ3n) is 6.55. The molecule has 1 saturated carbocycles. The molecule has 3 aromatic rings. The molecule has 1 fully saturated rings. The van der Waals surface area contributed by atoms with Crippen LogP contribution in [0.25, 0.3) is 5.69 Å². The molecule has 0 saturated heterocycles. The van der Waals surface area contributed by atoms with Crippen molar-refractivity contribution in [1.82, 2.24) is 14.7 Å². The molecule has 34 heavy (non-hydrogen) atoms. The molecule has 0 radical (unpaired) electrons. The number of hydrogen-bond donors (Lipinski definition) is 1. The first kappa shape index (κ1) is 24.5. The van der Waals surface area contributed by atoms with E-state index in [2.05, 4.69) is 49.9 Å². The summed E-state index contributed by atoms with van der Waals surface area (Å²) in [7, 11) is 0. The number of aliphatic hydroxyl groups excluding tert-OH is 1. The average molecular weight is 462 g/mol. The van der Waals surface area contributed by atoms with E-state index in [4.69, 9.17) is 9.84 Å². The van der Waals surface area contributed by atoms with E-state index in [9.17, 15) is 5.11 Å². The molecule has 0 bridgehead atoms. The maximum absolute atomic E-state index is 10.7. The van der Waals surface area contributed by atoms with Crippen LogP contribution in [0.5, 0.6) is 11.6 Å². The Hall–Kier alpha value is -2.63. The molecular formula is C29H39N3O2. The smallest absolute Gasteiger partial charge is 0.227 e. The molecule has 2 aromatic carbocycles. The van der Waals surface area contributed by atoms with E-state index in [1.165, 1.54) is 18.4 Å². The number of benzene rings is 2. The number of para-hydroxylation sites is 1. The fourth-order valence-electron chi connectivity index (χ4n) is 4.41. The van der Waals surface area contributed by atoms with Gasteiger partial charge in [0.05, 0.1) is 23.0 Å². The quantitative estimate of drug-likeness (QED) is 0.325. The SMILES string of the molecule is CCCCC(O)CN(Cc1c(CC)nn(-c2ccccc2)c1Oc1ccc(C)cc1)CC1CC1. The first-order valence-electron chi connectivity index (χ1n) is 12.9. The summed E-state index contributed by atoms with van der Waals surface area (Å²) in [5.74, 6) is 2.33. The van der Waals surface area contributed by atoms with Gasteiger partial charge in [-0.15, -0.1) is 0 Å². The minimum atomic E-state index is -0.297. The number of aryl methyl sites for hydroxylation is 2. The Kier molecular flexibility index (Phi) is 8.41. The van der Waals surface area contributed by atoms with Crippen LogP contribution < -0.4 is 4.74 Å². The second kappa shape index (κ2) is 11.7. The van der Waals surface area contributed by atoms with Gasteiger partial charge in [-0.3, -0.25) is 4.90 Å². The van der Waals surface area contributed by atoms with Crippen molar-refractivity contribution in [1.29, 1.82) is 0 Å². The second-order valence-electron chi connectivity index (χ2n) is 9.68. The van der Waals surface area contributed by atoms with Crippen molar-refractivity contribution in [3.8, 4) is 17.3 Å². The van der Waals surface area contributed by atoms with Gasteiger partial charge in [0.15, 0.2) is 0 Å². The van der Waals surface area contributed by atoms with E-state index >= 15 is 0 Å². The summed E-state index contributed by atoms with van der Waals surface area (Å²) in [6, 6.07) is 18.4. The highest BCUT2D eigenvalue weighted by Crippen LogP contribution is 2.35. The lowest BCUT2D eigenvalue weighted by Gasteiger charge is -2.25. The minimum absolute atomic E-state index is 0.297. The van der Waals surface area contributed by atoms with E-state index < -0.39 is 0 Å². The van der Waals surface area contributed by atoms with Gasteiger partial charge in [0.25, 0.3) is 0 Å². The second-order valence-corrected chi connectivity index (χ2v) is 9.68. The zero-order valence-electron chi connectivity index (χ0n) is 20.9. The van der Waals surface area contributed by atoms with Crippen LogP contribution in [0.3, 0.4) is 0 Å². The van der Waals surface area contributed by atoms with E-state index in [1.54, 1.807) is 0 Å². The number of nitrogens with zero attached hydrogens (tertiary/aromatic N) is 3. The van der Waals surface area contributed by atoms with Crippen LogP contribution in [0.2, 0.25) is 0 Å². The monoisotopic (exact) mass is 461 g/mol. The van der Waals surface area contributed by atoms with Gasteiger partial charge >= 0.3 is 0 Å². The third-order valence-corrected chi connectivity index (χ3v) is 6.55. The highest BCUT2D eigenvalue weighted by molar-refractivity contribution is 5.44. The molecule has 1 N–H and O–H groups in total. The summed E-state index contributed by atoms with van der Waals surface area (Å²) >= 11 is 0. The van der Waals surface area contributed by atoms with Gasteiger partial charge in [-0.1, -0.05) is 62.6 Å². The topological polar surface area (TPSA) is 50.5 Å². The van der Waals surface area contributed by atoms with Gasteiger partial charge in [-0.25, -0.2) is 4.68 Å². The summed E-state index contributed by atoms with van der Waals surface area (Å²) in [6.45, 7) is 8.86. The normalized spacial score (nSPS) is 14.5. The first-order chi connectivity index (χ1) is 16.6. The van der Waals surface area contributed by atoms with Crippen molar-refractivity contribution >= 4 is 0 Å². The third kappa shape index (κ3) is 6.49. The van der Waals surface area contributed by atoms with E-state index in [-0.39, 0.29) is 6.10 Å². The molecule has 0 aliphatic heterocycles. The molecule has 5 nitrogen and oxygen atoms in total. The summed E-state index contributed by atoms with van der Waals surface area (Å²) in [6.07, 6.45) is 6.14. The van der Waals surface area contributed by atoms with Crippen molar-refractivity contribution in [3.05, 3.63) is 71.4 Å².